The molecule has 144 valence electrons. The monoisotopic (exact) mass is 380 g/mol. The topological polar surface area (TPSA) is 94.4 Å². The van der Waals surface area contributed by atoms with Gasteiger partial charge in [0.15, 0.2) is 5.82 Å². The van der Waals surface area contributed by atoms with Crippen molar-refractivity contribution in [1.82, 2.24) is 19.7 Å². The van der Waals surface area contributed by atoms with Crippen LogP contribution in [-0.2, 0) is 4.79 Å². The summed E-state index contributed by atoms with van der Waals surface area (Å²) in [4.78, 5) is 23.1. The molecule has 28 heavy (non-hydrogen) atoms. The fraction of sp³-hybridized carbons (Fsp3) is 0.263. The molecule has 1 aliphatic heterocycles. The minimum absolute atomic E-state index is 0.0482. The van der Waals surface area contributed by atoms with Crippen LogP contribution in [-0.4, -0.2) is 53.0 Å². The number of aromatic nitrogens is 4. The molecule has 0 saturated carbocycles. The van der Waals surface area contributed by atoms with Crippen LogP contribution in [0, 0.1) is 5.92 Å². The molecule has 9 nitrogen and oxygen atoms in total. The molecule has 0 aliphatic carbocycles. The maximum atomic E-state index is 12.6. The Balaban J connectivity index is 1.39. The lowest BCUT2D eigenvalue weighted by atomic mass is 9.99. The minimum atomic E-state index is -0.125. The van der Waals surface area contributed by atoms with E-state index in [-0.39, 0.29) is 11.8 Å². The average Bonchev–Trinajstić information content (AvgIpc) is 3.21. The number of benzene rings is 1. The molecule has 0 bridgehead atoms. The Morgan fingerprint density at radius 2 is 1.79 bits per heavy atom. The summed E-state index contributed by atoms with van der Waals surface area (Å²) in [6.07, 6.45) is 5.02. The fourth-order valence-electron chi connectivity index (χ4n) is 3.00. The second-order valence-corrected chi connectivity index (χ2v) is 6.38. The van der Waals surface area contributed by atoms with Crippen molar-refractivity contribution in [2.75, 3.05) is 37.5 Å². The number of amides is 1. The number of rotatable bonds is 6. The molecule has 2 aromatic heterocycles. The van der Waals surface area contributed by atoms with Gasteiger partial charge < -0.3 is 19.7 Å². The molecule has 1 N–H and O–H groups in total. The summed E-state index contributed by atoms with van der Waals surface area (Å²) in [5.41, 5.74) is 0.641. The number of hydrogen-bond acceptors (Lipinski definition) is 7. The van der Waals surface area contributed by atoms with Crippen molar-refractivity contribution in [1.29, 1.82) is 0 Å². The number of carbonyl (C=O) groups is 1. The summed E-state index contributed by atoms with van der Waals surface area (Å²) >= 11 is 0. The van der Waals surface area contributed by atoms with Gasteiger partial charge in [-0.3, -0.25) is 4.79 Å². The molecule has 4 rings (SSSR count). The van der Waals surface area contributed by atoms with Crippen LogP contribution in [0.1, 0.15) is 0 Å². The zero-order chi connectivity index (χ0) is 19.5. The molecular formula is C19H20N6O3. The van der Waals surface area contributed by atoms with Crippen LogP contribution in [0.15, 0.2) is 49.1 Å². The van der Waals surface area contributed by atoms with E-state index < -0.39 is 0 Å². The molecule has 0 atom stereocenters. The van der Waals surface area contributed by atoms with Crippen molar-refractivity contribution in [2.24, 2.45) is 5.92 Å². The Morgan fingerprint density at radius 1 is 1.07 bits per heavy atom. The predicted molar refractivity (Wildman–Crippen MR) is 103 cm³/mol. The molecular weight excluding hydrogens is 360 g/mol. The zero-order valence-electron chi connectivity index (χ0n) is 15.6. The van der Waals surface area contributed by atoms with E-state index in [1.165, 1.54) is 6.33 Å². The van der Waals surface area contributed by atoms with E-state index in [2.05, 4.69) is 20.4 Å². The van der Waals surface area contributed by atoms with Gasteiger partial charge in [0, 0.05) is 55.4 Å². The number of hydrogen-bond donors (Lipinski definition) is 1. The van der Waals surface area contributed by atoms with Crippen molar-refractivity contribution in [3.8, 4) is 17.3 Å². The van der Waals surface area contributed by atoms with Crippen molar-refractivity contribution in [2.45, 2.75) is 0 Å². The third-order valence-corrected chi connectivity index (χ3v) is 4.57. The highest BCUT2D eigenvalue weighted by Crippen LogP contribution is 2.28. The minimum Gasteiger partial charge on any atom is -0.497 e. The normalized spacial score (nSPS) is 13.7. The highest BCUT2D eigenvalue weighted by molar-refractivity contribution is 5.94. The van der Waals surface area contributed by atoms with E-state index in [1.54, 1.807) is 43.3 Å². The first kappa shape index (κ1) is 17.8. The molecule has 1 aliphatic rings. The lowest BCUT2D eigenvalue weighted by Gasteiger charge is -2.39. The van der Waals surface area contributed by atoms with Crippen molar-refractivity contribution >= 4 is 17.4 Å². The van der Waals surface area contributed by atoms with Gasteiger partial charge in [-0.15, -0.1) is 0 Å². The molecule has 1 saturated heterocycles. The van der Waals surface area contributed by atoms with Crippen LogP contribution in [0.2, 0.25) is 0 Å². The summed E-state index contributed by atoms with van der Waals surface area (Å²) in [6.45, 7) is 1.17. The molecule has 9 heteroatoms. The molecule has 1 amide bonds. The number of carbonyl (C=O) groups excluding carboxylic acids is 1. The van der Waals surface area contributed by atoms with Crippen LogP contribution in [0.3, 0.4) is 0 Å². The first-order valence-electron chi connectivity index (χ1n) is 8.77. The first-order chi connectivity index (χ1) is 13.7. The number of nitrogens with zero attached hydrogens (tertiary/aromatic N) is 5. The molecule has 3 aromatic rings. The van der Waals surface area contributed by atoms with E-state index >= 15 is 0 Å². The number of nitrogens with one attached hydrogen (secondary N) is 1. The standard InChI is InChI=1S/C19H20N6O3/c1-27-15-6-14(7-16(8-15)28-2)23-19(26)13-10-24(11-13)17-9-18(21-12-20-17)25-5-3-4-22-25/h3-9,12-13H,10-11H2,1-2H3,(H,23,26). The molecule has 0 spiro atoms. The van der Waals surface area contributed by atoms with E-state index in [0.29, 0.717) is 36.1 Å². The van der Waals surface area contributed by atoms with E-state index in [9.17, 15) is 4.79 Å². The van der Waals surface area contributed by atoms with Gasteiger partial charge in [-0.2, -0.15) is 5.10 Å². The first-order valence-corrected chi connectivity index (χ1v) is 8.77. The second kappa shape index (κ2) is 7.55. The smallest absolute Gasteiger partial charge is 0.231 e. The summed E-state index contributed by atoms with van der Waals surface area (Å²) in [5.74, 6) is 2.53. The Hall–Kier alpha value is -3.62. The zero-order valence-corrected chi connectivity index (χ0v) is 15.6. The highest BCUT2D eigenvalue weighted by atomic mass is 16.5. The van der Waals surface area contributed by atoms with E-state index in [1.807, 2.05) is 23.2 Å². The number of anilines is 2. The Morgan fingerprint density at radius 3 is 2.43 bits per heavy atom. The van der Waals surface area contributed by atoms with Crippen molar-refractivity contribution in [3.63, 3.8) is 0 Å². The fourth-order valence-corrected chi connectivity index (χ4v) is 3.00. The Bertz CT molecular complexity index is 947. The third-order valence-electron chi connectivity index (χ3n) is 4.57. The van der Waals surface area contributed by atoms with Crippen LogP contribution in [0.25, 0.3) is 5.82 Å². The van der Waals surface area contributed by atoms with Crippen molar-refractivity contribution < 1.29 is 14.3 Å². The average molecular weight is 380 g/mol. The molecule has 3 heterocycles. The van der Waals surface area contributed by atoms with E-state index in [4.69, 9.17) is 9.47 Å². The second-order valence-electron chi connectivity index (χ2n) is 6.38. The van der Waals surface area contributed by atoms with Gasteiger partial charge in [-0.25, -0.2) is 14.6 Å². The lowest BCUT2D eigenvalue weighted by Crippen LogP contribution is -2.52. The lowest BCUT2D eigenvalue weighted by molar-refractivity contribution is -0.120. The van der Waals surface area contributed by atoms with Crippen molar-refractivity contribution in [3.05, 3.63) is 49.1 Å². The van der Waals surface area contributed by atoms with Gasteiger partial charge in [0.05, 0.1) is 20.1 Å². The van der Waals surface area contributed by atoms with Gasteiger partial charge >= 0.3 is 0 Å². The van der Waals surface area contributed by atoms with Crippen LogP contribution in [0.4, 0.5) is 11.5 Å². The Labute approximate surface area is 161 Å². The quantitative estimate of drug-likeness (QED) is 0.696. The largest absolute Gasteiger partial charge is 0.497 e. The Kier molecular flexibility index (Phi) is 4.79. The number of methoxy groups -OCH3 is 2. The van der Waals surface area contributed by atoms with Gasteiger partial charge in [0.1, 0.15) is 23.6 Å². The summed E-state index contributed by atoms with van der Waals surface area (Å²) < 4.78 is 12.1. The molecule has 0 unspecified atom stereocenters. The SMILES string of the molecule is COc1cc(NC(=O)C2CN(c3cc(-n4cccn4)ncn3)C2)cc(OC)c1. The molecule has 1 fully saturated rings. The van der Waals surface area contributed by atoms with Gasteiger partial charge in [0.25, 0.3) is 0 Å². The summed E-state index contributed by atoms with van der Waals surface area (Å²) in [5, 5.41) is 7.10. The summed E-state index contributed by atoms with van der Waals surface area (Å²) in [6, 6.07) is 8.97. The summed E-state index contributed by atoms with van der Waals surface area (Å²) in [7, 11) is 3.15. The number of ether oxygens (including phenoxy) is 2. The van der Waals surface area contributed by atoms with Gasteiger partial charge in [0.2, 0.25) is 5.91 Å². The van der Waals surface area contributed by atoms with Crippen LogP contribution in [0.5, 0.6) is 11.5 Å². The maximum Gasteiger partial charge on any atom is 0.231 e. The third kappa shape index (κ3) is 3.59. The predicted octanol–water partition coefficient (Wildman–Crippen LogP) is 1.75. The maximum absolute atomic E-state index is 12.6. The van der Waals surface area contributed by atoms with E-state index in [0.717, 1.165) is 5.82 Å². The van der Waals surface area contributed by atoms with Crippen LogP contribution < -0.4 is 19.7 Å². The van der Waals surface area contributed by atoms with Gasteiger partial charge in [-0.1, -0.05) is 0 Å². The van der Waals surface area contributed by atoms with Crippen LogP contribution >= 0.6 is 0 Å². The molecule has 1 aromatic carbocycles. The highest BCUT2D eigenvalue weighted by Gasteiger charge is 2.33. The molecule has 0 radical (unpaired) electrons. The van der Waals surface area contributed by atoms with Gasteiger partial charge in [-0.05, 0) is 6.07 Å².